The number of aromatic nitrogens is 1. The number of furan rings is 1. The topological polar surface area (TPSA) is 80.3 Å². The van der Waals surface area contributed by atoms with Crippen LogP contribution in [0.5, 0.6) is 0 Å². The SMILES string of the molecule is Cc1cc(C)cc(-c2nc3cc(NC(=S)NC(=O)/C=C/c4ccc(-c5cc(Cl)cc(Cl)c5)o4)ccc3o2)c1. The van der Waals surface area contributed by atoms with Gasteiger partial charge in [-0.15, -0.1) is 0 Å². The van der Waals surface area contributed by atoms with Crippen molar-refractivity contribution in [2.75, 3.05) is 5.32 Å². The summed E-state index contributed by atoms with van der Waals surface area (Å²) in [7, 11) is 0. The van der Waals surface area contributed by atoms with Gasteiger partial charge in [-0.2, -0.15) is 0 Å². The Balaban J connectivity index is 1.21. The van der Waals surface area contributed by atoms with Crippen LogP contribution in [0.25, 0.3) is 40.0 Å². The number of anilines is 1. The number of hydrogen-bond donors (Lipinski definition) is 2. The fourth-order valence-electron chi connectivity index (χ4n) is 3.99. The van der Waals surface area contributed by atoms with E-state index in [1.807, 2.05) is 38.1 Å². The molecule has 0 unspecified atom stereocenters. The first-order valence-electron chi connectivity index (χ1n) is 11.6. The molecule has 0 saturated heterocycles. The number of aryl methyl sites for hydroxylation is 2. The molecule has 0 aliphatic rings. The third kappa shape index (κ3) is 6.14. The van der Waals surface area contributed by atoms with Crippen molar-refractivity contribution in [1.82, 2.24) is 10.3 Å². The zero-order chi connectivity index (χ0) is 26.8. The summed E-state index contributed by atoms with van der Waals surface area (Å²) in [4.78, 5) is 17.0. The second-order valence-electron chi connectivity index (χ2n) is 8.71. The zero-order valence-corrected chi connectivity index (χ0v) is 22.7. The molecule has 1 amide bonds. The van der Waals surface area contributed by atoms with E-state index in [4.69, 9.17) is 44.3 Å². The smallest absolute Gasteiger partial charge is 0.250 e. The number of nitrogens with one attached hydrogen (secondary N) is 2. The fourth-order valence-corrected chi connectivity index (χ4v) is 4.74. The Kier molecular flexibility index (Phi) is 7.33. The molecule has 3 aromatic carbocycles. The molecule has 0 aliphatic carbocycles. The molecule has 0 saturated carbocycles. The normalized spacial score (nSPS) is 11.3. The fraction of sp³-hybridized carbons (Fsp3) is 0.0690. The van der Waals surface area contributed by atoms with E-state index in [1.165, 1.54) is 6.08 Å². The van der Waals surface area contributed by atoms with Gasteiger partial charge in [-0.25, -0.2) is 4.98 Å². The summed E-state index contributed by atoms with van der Waals surface area (Å²) < 4.78 is 11.7. The van der Waals surface area contributed by atoms with Crippen LogP contribution in [0.3, 0.4) is 0 Å². The predicted octanol–water partition coefficient (Wildman–Crippen LogP) is 8.20. The average molecular weight is 562 g/mol. The van der Waals surface area contributed by atoms with Crippen molar-refractivity contribution < 1.29 is 13.6 Å². The molecule has 2 aromatic heterocycles. The first-order valence-corrected chi connectivity index (χ1v) is 12.7. The van der Waals surface area contributed by atoms with E-state index in [0.29, 0.717) is 44.2 Å². The van der Waals surface area contributed by atoms with Gasteiger partial charge < -0.3 is 14.2 Å². The summed E-state index contributed by atoms with van der Waals surface area (Å²) in [5.74, 6) is 1.20. The van der Waals surface area contributed by atoms with E-state index in [2.05, 4.69) is 21.7 Å². The van der Waals surface area contributed by atoms with Crippen LogP contribution < -0.4 is 10.6 Å². The zero-order valence-electron chi connectivity index (χ0n) is 20.3. The van der Waals surface area contributed by atoms with Gasteiger partial charge in [-0.05, 0) is 92.8 Å². The van der Waals surface area contributed by atoms with Crippen LogP contribution >= 0.6 is 35.4 Å². The van der Waals surface area contributed by atoms with E-state index in [1.54, 1.807) is 42.5 Å². The van der Waals surface area contributed by atoms with E-state index in [0.717, 1.165) is 22.3 Å². The molecule has 0 atom stereocenters. The molecule has 2 N–H and O–H groups in total. The Morgan fingerprint density at radius 3 is 2.37 bits per heavy atom. The molecular formula is C29H21Cl2N3O3S. The number of carbonyl (C=O) groups is 1. The Morgan fingerprint density at radius 1 is 0.895 bits per heavy atom. The van der Waals surface area contributed by atoms with Gasteiger partial charge in [0.15, 0.2) is 10.7 Å². The van der Waals surface area contributed by atoms with Gasteiger partial charge in [0.2, 0.25) is 11.8 Å². The molecule has 190 valence electrons. The van der Waals surface area contributed by atoms with Crippen LogP contribution in [0.2, 0.25) is 10.0 Å². The maximum atomic E-state index is 12.4. The highest BCUT2D eigenvalue weighted by Crippen LogP contribution is 2.29. The number of benzene rings is 3. The van der Waals surface area contributed by atoms with Crippen LogP contribution in [-0.2, 0) is 4.79 Å². The number of thiocarbonyl (C=S) groups is 1. The van der Waals surface area contributed by atoms with E-state index in [-0.39, 0.29) is 5.11 Å². The number of fused-ring (bicyclic) bond motifs is 1. The lowest BCUT2D eigenvalue weighted by Crippen LogP contribution is -2.32. The molecule has 0 bridgehead atoms. The van der Waals surface area contributed by atoms with E-state index < -0.39 is 5.91 Å². The average Bonchev–Trinajstić information content (AvgIpc) is 3.48. The molecular weight excluding hydrogens is 541 g/mol. The van der Waals surface area contributed by atoms with Crippen LogP contribution in [0, 0.1) is 13.8 Å². The number of nitrogens with zero attached hydrogens (tertiary/aromatic N) is 1. The predicted molar refractivity (Wildman–Crippen MR) is 156 cm³/mol. The third-order valence-corrected chi connectivity index (χ3v) is 6.16. The molecule has 6 nitrogen and oxygen atoms in total. The second-order valence-corrected chi connectivity index (χ2v) is 10.00. The van der Waals surface area contributed by atoms with Gasteiger partial charge in [0.05, 0.1) is 0 Å². The van der Waals surface area contributed by atoms with Crippen molar-refractivity contribution in [3.63, 3.8) is 0 Å². The minimum atomic E-state index is -0.411. The molecule has 0 fully saturated rings. The first-order chi connectivity index (χ1) is 18.2. The number of carbonyl (C=O) groups excluding carboxylic acids is 1. The monoisotopic (exact) mass is 561 g/mol. The molecule has 5 rings (SSSR count). The molecule has 9 heteroatoms. The van der Waals surface area contributed by atoms with Crippen LogP contribution in [0.4, 0.5) is 5.69 Å². The lowest BCUT2D eigenvalue weighted by atomic mass is 10.1. The lowest BCUT2D eigenvalue weighted by Gasteiger charge is -2.07. The minimum absolute atomic E-state index is 0.144. The summed E-state index contributed by atoms with van der Waals surface area (Å²) in [6.45, 7) is 4.07. The van der Waals surface area contributed by atoms with Crippen molar-refractivity contribution >= 4 is 69.3 Å². The number of hydrogen-bond acceptors (Lipinski definition) is 5. The molecule has 5 aromatic rings. The Labute approximate surface area is 234 Å². The molecule has 38 heavy (non-hydrogen) atoms. The summed E-state index contributed by atoms with van der Waals surface area (Å²) >= 11 is 17.4. The van der Waals surface area contributed by atoms with Crippen LogP contribution in [-0.4, -0.2) is 16.0 Å². The van der Waals surface area contributed by atoms with Crippen molar-refractivity contribution in [3.8, 4) is 22.8 Å². The second kappa shape index (κ2) is 10.8. The maximum Gasteiger partial charge on any atom is 0.250 e. The Hall–Kier alpha value is -3.91. The third-order valence-electron chi connectivity index (χ3n) is 5.52. The van der Waals surface area contributed by atoms with Crippen LogP contribution in [0.1, 0.15) is 16.9 Å². The molecule has 2 heterocycles. The highest BCUT2D eigenvalue weighted by molar-refractivity contribution is 7.80. The van der Waals surface area contributed by atoms with Crippen molar-refractivity contribution in [3.05, 3.63) is 99.7 Å². The summed E-state index contributed by atoms with van der Waals surface area (Å²) in [5, 5.41) is 6.78. The summed E-state index contributed by atoms with van der Waals surface area (Å²) in [6.07, 6.45) is 2.88. The van der Waals surface area contributed by atoms with Gasteiger partial charge in [0, 0.05) is 32.9 Å². The lowest BCUT2D eigenvalue weighted by molar-refractivity contribution is -0.115. The van der Waals surface area contributed by atoms with Gasteiger partial charge in [0.1, 0.15) is 17.0 Å². The quantitative estimate of drug-likeness (QED) is 0.166. The number of halogens is 2. The largest absolute Gasteiger partial charge is 0.457 e. The number of oxazole rings is 1. The van der Waals surface area contributed by atoms with Gasteiger partial charge >= 0.3 is 0 Å². The van der Waals surface area contributed by atoms with E-state index in [9.17, 15) is 4.79 Å². The van der Waals surface area contributed by atoms with Crippen molar-refractivity contribution in [2.24, 2.45) is 0 Å². The first kappa shape index (κ1) is 25.7. The Bertz CT molecular complexity index is 1680. The number of rotatable bonds is 5. The highest BCUT2D eigenvalue weighted by atomic mass is 35.5. The molecule has 0 spiro atoms. The van der Waals surface area contributed by atoms with E-state index >= 15 is 0 Å². The minimum Gasteiger partial charge on any atom is -0.457 e. The maximum absolute atomic E-state index is 12.4. The standard InChI is InChI=1S/C29H21Cl2N3O3S/c1-16-9-17(2)11-19(10-16)28-33-24-15-22(3-6-26(24)37-28)32-29(38)34-27(35)8-5-23-4-7-25(36-23)18-12-20(30)14-21(31)13-18/h3-15H,1-2H3,(H2,32,34,35,38)/b8-5+. The summed E-state index contributed by atoms with van der Waals surface area (Å²) in [5.41, 5.74) is 5.93. The summed E-state index contributed by atoms with van der Waals surface area (Å²) in [6, 6.07) is 20.2. The molecule has 0 aliphatic heterocycles. The van der Waals surface area contributed by atoms with Crippen LogP contribution in [0.15, 0.2) is 81.6 Å². The van der Waals surface area contributed by atoms with Gasteiger partial charge in [-0.3, -0.25) is 10.1 Å². The van der Waals surface area contributed by atoms with Crippen molar-refractivity contribution in [2.45, 2.75) is 13.8 Å². The van der Waals surface area contributed by atoms with Crippen molar-refractivity contribution in [1.29, 1.82) is 0 Å². The Morgan fingerprint density at radius 2 is 1.63 bits per heavy atom. The van der Waals surface area contributed by atoms with Gasteiger partial charge in [0.25, 0.3) is 0 Å². The molecule has 0 radical (unpaired) electrons. The van der Waals surface area contributed by atoms with Gasteiger partial charge in [-0.1, -0.05) is 40.4 Å². The number of amides is 1. The highest BCUT2D eigenvalue weighted by Gasteiger charge is 2.11.